The highest BCUT2D eigenvalue weighted by Crippen LogP contribution is 2.34. The van der Waals surface area contributed by atoms with Crippen molar-refractivity contribution in [2.45, 2.75) is 19.4 Å². The maximum atomic E-state index is 9.22. The van der Waals surface area contributed by atoms with Gasteiger partial charge < -0.3 is 10.8 Å². The molecule has 0 radical (unpaired) electrons. The van der Waals surface area contributed by atoms with Crippen LogP contribution in [0.5, 0.6) is 0 Å². The van der Waals surface area contributed by atoms with E-state index in [0.29, 0.717) is 6.42 Å². The largest absolute Gasteiger partial charge is 0.396 e. The number of aliphatic hydroxyl groups is 1. The van der Waals surface area contributed by atoms with Crippen molar-refractivity contribution in [3.63, 3.8) is 0 Å². The second-order valence-electron chi connectivity index (χ2n) is 6.85. The summed E-state index contributed by atoms with van der Waals surface area (Å²) in [5.74, 6) is 0. The fourth-order valence-electron chi connectivity index (χ4n) is 3.49. The van der Waals surface area contributed by atoms with Crippen LogP contribution in [0.25, 0.3) is 33.3 Å². The predicted molar refractivity (Wildman–Crippen MR) is 112 cm³/mol. The first-order chi connectivity index (χ1) is 13.8. The highest BCUT2D eigenvalue weighted by atomic mass is 16.2. The molecule has 0 aliphatic carbocycles. The minimum absolute atomic E-state index is 0.160. The van der Waals surface area contributed by atoms with Crippen LogP contribution in [0, 0.1) is 0 Å². The number of aliphatic hydroxyl groups excluding tert-OH is 1. The number of hydrogen-bond donors (Lipinski definition) is 2. The molecule has 0 fully saturated rings. The van der Waals surface area contributed by atoms with Gasteiger partial charge in [-0.05, 0) is 30.5 Å². The van der Waals surface area contributed by atoms with Crippen LogP contribution in [0.3, 0.4) is 0 Å². The van der Waals surface area contributed by atoms with Crippen molar-refractivity contribution in [2.75, 3.05) is 6.61 Å². The summed E-state index contributed by atoms with van der Waals surface area (Å²) in [7, 11) is 0. The van der Waals surface area contributed by atoms with Crippen molar-refractivity contribution in [1.82, 2.24) is 9.97 Å². The molecule has 28 heavy (non-hydrogen) atoms. The fourth-order valence-corrected chi connectivity index (χ4v) is 3.49. The normalized spacial score (nSPS) is 11.1. The smallest absolute Gasteiger partial charge is 0.0997 e. The van der Waals surface area contributed by atoms with E-state index in [1.54, 1.807) is 6.20 Å². The number of quaternary nitrogens is 1. The molecule has 0 unspecified atom stereocenters. The first kappa shape index (κ1) is 18.3. The second kappa shape index (κ2) is 8.30. The van der Waals surface area contributed by atoms with Crippen LogP contribution in [0.4, 0.5) is 0 Å². The predicted octanol–water partition coefficient (Wildman–Crippen LogP) is 3.63. The molecule has 4 rings (SSSR count). The van der Waals surface area contributed by atoms with Crippen molar-refractivity contribution in [2.24, 2.45) is 0 Å². The fraction of sp³-hybridized carbons (Fsp3) is 0.167. The quantitative estimate of drug-likeness (QED) is 0.544. The molecular formula is C24H24N3O+. The van der Waals surface area contributed by atoms with Gasteiger partial charge in [-0.25, -0.2) is 4.98 Å². The zero-order chi connectivity index (χ0) is 19.3. The van der Waals surface area contributed by atoms with Crippen molar-refractivity contribution in [3.05, 3.63) is 84.2 Å². The minimum atomic E-state index is 0.160. The number of aromatic nitrogens is 2. The standard InChI is InChI=1S/C24H23N3O/c25-16-17-8-10-19(11-9-17)24-20(18-5-2-1-3-6-18)15-21-22(7-4-14-28)26-13-12-23(21)27-24/h1-3,5-6,8-13,15,28H,4,7,14,16,25H2/p+1. The summed E-state index contributed by atoms with van der Waals surface area (Å²) in [6.45, 7) is 0.935. The third-order valence-electron chi connectivity index (χ3n) is 5.00. The highest BCUT2D eigenvalue weighted by molar-refractivity contribution is 5.92. The van der Waals surface area contributed by atoms with E-state index < -0.39 is 0 Å². The van der Waals surface area contributed by atoms with Gasteiger partial charge in [0.25, 0.3) is 0 Å². The van der Waals surface area contributed by atoms with Crippen molar-refractivity contribution in [1.29, 1.82) is 0 Å². The Morgan fingerprint density at radius 3 is 2.39 bits per heavy atom. The lowest BCUT2D eigenvalue weighted by molar-refractivity contribution is -0.386. The lowest BCUT2D eigenvalue weighted by atomic mass is 9.96. The Morgan fingerprint density at radius 1 is 0.893 bits per heavy atom. The van der Waals surface area contributed by atoms with Crippen LogP contribution in [0.1, 0.15) is 17.7 Å². The molecule has 0 spiro atoms. The van der Waals surface area contributed by atoms with Crippen molar-refractivity contribution in [3.8, 4) is 22.4 Å². The molecular weight excluding hydrogens is 346 g/mol. The molecule has 0 aliphatic rings. The molecule has 0 amide bonds. The molecule has 0 aliphatic heterocycles. The summed E-state index contributed by atoms with van der Waals surface area (Å²) in [6.07, 6.45) is 3.24. The highest BCUT2D eigenvalue weighted by Gasteiger charge is 2.14. The van der Waals surface area contributed by atoms with E-state index in [0.717, 1.165) is 51.9 Å². The van der Waals surface area contributed by atoms with Crippen molar-refractivity contribution < 1.29 is 10.8 Å². The van der Waals surface area contributed by atoms with Crippen LogP contribution in [-0.2, 0) is 13.0 Å². The average molecular weight is 370 g/mol. The van der Waals surface area contributed by atoms with E-state index in [-0.39, 0.29) is 6.61 Å². The van der Waals surface area contributed by atoms with Crippen LogP contribution < -0.4 is 5.73 Å². The molecule has 140 valence electrons. The van der Waals surface area contributed by atoms with Gasteiger partial charge in [0.15, 0.2) is 0 Å². The molecule has 0 atom stereocenters. The third kappa shape index (κ3) is 3.65. The Kier molecular flexibility index (Phi) is 5.42. The molecule has 4 N–H and O–H groups in total. The maximum Gasteiger partial charge on any atom is 0.0997 e. The van der Waals surface area contributed by atoms with Crippen LogP contribution in [0.2, 0.25) is 0 Å². The van der Waals surface area contributed by atoms with Crippen LogP contribution in [0.15, 0.2) is 72.9 Å². The van der Waals surface area contributed by atoms with E-state index in [1.807, 2.05) is 24.3 Å². The molecule has 2 heterocycles. The van der Waals surface area contributed by atoms with Gasteiger partial charge >= 0.3 is 0 Å². The molecule has 4 aromatic rings. The second-order valence-corrected chi connectivity index (χ2v) is 6.85. The number of rotatable bonds is 6. The zero-order valence-corrected chi connectivity index (χ0v) is 15.8. The molecule has 4 heteroatoms. The van der Waals surface area contributed by atoms with E-state index in [1.165, 1.54) is 5.56 Å². The van der Waals surface area contributed by atoms with Crippen LogP contribution >= 0.6 is 0 Å². The zero-order valence-electron chi connectivity index (χ0n) is 15.8. The minimum Gasteiger partial charge on any atom is -0.396 e. The Labute approximate surface area is 164 Å². The lowest BCUT2D eigenvalue weighted by Gasteiger charge is -2.13. The Balaban J connectivity index is 1.94. The maximum absolute atomic E-state index is 9.22. The summed E-state index contributed by atoms with van der Waals surface area (Å²) in [5.41, 5.74) is 11.4. The van der Waals surface area contributed by atoms with Gasteiger partial charge in [0, 0.05) is 40.6 Å². The molecule has 2 aromatic heterocycles. The van der Waals surface area contributed by atoms with Gasteiger partial charge in [0.1, 0.15) is 0 Å². The summed E-state index contributed by atoms with van der Waals surface area (Å²) >= 11 is 0. The summed E-state index contributed by atoms with van der Waals surface area (Å²) in [4.78, 5) is 9.57. The average Bonchev–Trinajstić information content (AvgIpc) is 2.77. The number of benzene rings is 2. The van der Waals surface area contributed by atoms with Gasteiger partial charge in [-0.15, -0.1) is 0 Å². The van der Waals surface area contributed by atoms with Crippen LogP contribution in [-0.4, -0.2) is 21.7 Å². The van der Waals surface area contributed by atoms with E-state index in [4.69, 9.17) is 4.98 Å². The van der Waals surface area contributed by atoms with E-state index in [9.17, 15) is 5.11 Å². The number of aryl methyl sites for hydroxylation is 1. The first-order valence-electron chi connectivity index (χ1n) is 9.63. The molecule has 0 bridgehead atoms. The summed E-state index contributed by atoms with van der Waals surface area (Å²) in [6, 6.07) is 23.0. The van der Waals surface area contributed by atoms with Gasteiger partial charge in [-0.3, -0.25) is 4.98 Å². The van der Waals surface area contributed by atoms with Gasteiger partial charge in [-0.1, -0.05) is 54.6 Å². The summed E-state index contributed by atoms with van der Waals surface area (Å²) < 4.78 is 0. The SMILES string of the molecule is [NH3+]Cc1ccc(-c2nc3ccnc(CCCO)c3cc2-c2ccccc2)cc1. The van der Waals surface area contributed by atoms with Gasteiger partial charge in [0.2, 0.25) is 0 Å². The Bertz CT molecular complexity index is 1080. The van der Waals surface area contributed by atoms with Crippen molar-refractivity contribution >= 4 is 10.9 Å². The Hall–Kier alpha value is -3.08. The Morgan fingerprint density at radius 2 is 1.68 bits per heavy atom. The number of pyridine rings is 2. The van der Waals surface area contributed by atoms with E-state index in [2.05, 4.69) is 53.2 Å². The summed E-state index contributed by atoms with van der Waals surface area (Å²) in [5, 5.41) is 10.3. The molecule has 4 nitrogen and oxygen atoms in total. The lowest BCUT2D eigenvalue weighted by Crippen LogP contribution is -2.47. The monoisotopic (exact) mass is 370 g/mol. The van der Waals surface area contributed by atoms with Gasteiger partial charge in [0.05, 0.1) is 17.8 Å². The molecule has 2 aromatic carbocycles. The first-order valence-corrected chi connectivity index (χ1v) is 9.63. The van der Waals surface area contributed by atoms with Gasteiger partial charge in [-0.2, -0.15) is 0 Å². The molecule has 0 saturated heterocycles. The van der Waals surface area contributed by atoms with E-state index >= 15 is 0 Å². The number of nitrogens with zero attached hydrogens (tertiary/aromatic N) is 2. The third-order valence-corrected chi connectivity index (χ3v) is 5.00. The molecule has 0 saturated carbocycles. The number of fused-ring (bicyclic) bond motifs is 1. The number of hydrogen-bond acceptors (Lipinski definition) is 3. The topological polar surface area (TPSA) is 73.7 Å².